The Labute approximate surface area is 100.0 Å². The van der Waals surface area contributed by atoms with E-state index in [1.165, 1.54) is 12.5 Å². The van der Waals surface area contributed by atoms with Crippen molar-refractivity contribution in [2.24, 2.45) is 0 Å². The van der Waals surface area contributed by atoms with Gasteiger partial charge < -0.3 is 14.2 Å². The van der Waals surface area contributed by atoms with E-state index < -0.39 is 0 Å². The SMILES string of the molecule is CCC(=O)N1CCN(C(=O)c2ccoc2)CC1. The predicted molar refractivity (Wildman–Crippen MR) is 61.5 cm³/mol. The Morgan fingerprint density at radius 2 is 1.88 bits per heavy atom. The van der Waals surface area contributed by atoms with E-state index in [4.69, 9.17) is 4.42 Å². The van der Waals surface area contributed by atoms with Crippen LogP contribution in [0.25, 0.3) is 0 Å². The van der Waals surface area contributed by atoms with E-state index in [0.717, 1.165) is 0 Å². The molecule has 1 fully saturated rings. The van der Waals surface area contributed by atoms with Gasteiger partial charge in [-0.15, -0.1) is 0 Å². The average Bonchev–Trinajstić information content (AvgIpc) is 2.91. The topological polar surface area (TPSA) is 53.8 Å². The fourth-order valence-corrected chi connectivity index (χ4v) is 1.95. The Morgan fingerprint density at radius 3 is 2.41 bits per heavy atom. The summed E-state index contributed by atoms with van der Waals surface area (Å²) >= 11 is 0. The molecule has 0 radical (unpaired) electrons. The molecule has 17 heavy (non-hydrogen) atoms. The second kappa shape index (κ2) is 5.03. The number of carbonyl (C=O) groups excluding carboxylic acids is 2. The minimum atomic E-state index is -0.0256. The monoisotopic (exact) mass is 236 g/mol. The predicted octanol–water partition coefficient (Wildman–Crippen LogP) is 0.974. The maximum atomic E-state index is 12.0. The quantitative estimate of drug-likeness (QED) is 0.769. The highest BCUT2D eigenvalue weighted by Gasteiger charge is 2.24. The van der Waals surface area contributed by atoms with Crippen molar-refractivity contribution in [1.29, 1.82) is 0 Å². The summed E-state index contributed by atoms with van der Waals surface area (Å²) in [4.78, 5) is 27.0. The summed E-state index contributed by atoms with van der Waals surface area (Å²) in [5.74, 6) is 0.128. The van der Waals surface area contributed by atoms with E-state index >= 15 is 0 Å². The number of rotatable bonds is 2. The molecule has 2 rings (SSSR count). The first-order valence-corrected chi connectivity index (χ1v) is 5.81. The zero-order valence-corrected chi connectivity index (χ0v) is 9.89. The van der Waals surface area contributed by atoms with Gasteiger partial charge in [-0.2, -0.15) is 0 Å². The third kappa shape index (κ3) is 2.49. The van der Waals surface area contributed by atoms with E-state index in [-0.39, 0.29) is 11.8 Å². The van der Waals surface area contributed by atoms with Crippen LogP contribution in [0.3, 0.4) is 0 Å². The molecule has 1 saturated heterocycles. The van der Waals surface area contributed by atoms with Crippen LogP contribution < -0.4 is 0 Å². The Bertz CT molecular complexity index is 392. The zero-order valence-electron chi connectivity index (χ0n) is 9.89. The van der Waals surface area contributed by atoms with E-state index in [9.17, 15) is 9.59 Å². The molecule has 0 bridgehead atoms. The molecular formula is C12H16N2O3. The lowest BCUT2D eigenvalue weighted by Crippen LogP contribution is -2.50. The van der Waals surface area contributed by atoms with Crippen LogP contribution in [0.5, 0.6) is 0 Å². The highest BCUT2D eigenvalue weighted by Crippen LogP contribution is 2.09. The van der Waals surface area contributed by atoms with Gasteiger partial charge in [0.2, 0.25) is 5.91 Å². The van der Waals surface area contributed by atoms with Gasteiger partial charge in [-0.3, -0.25) is 9.59 Å². The smallest absolute Gasteiger partial charge is 0.257 e. The van der Waals surface area contributed by atoms with Crippen molar-refractivity contribution in [3.8, 4) is 0 Å². The normalized spacial score (nSPS) is 16.1. The summed E-state index contributed by atoms with van der Waals surface area (Å²) in [6.07, 6.45) is 3.46. The zero-order chi connectivity index (χ0) is 12.3. The third-order valence-corrected chi connectivity index (χ3v) is 2.99. The maximum absolute atomic E-state index is 12.0. The molecule has 1 aromatic heterocycles. The number of carbonyl (C=O) groups is 2. The second-order valence-corrected chi connectivity index (χ2v) is 4.04. The molecule has 0 unspecified atom stereocenters. The second-order valence-electron chi connectivity index (χ2n) is 4.04. The van der Waals surface area contributed by atoms with Crippen LogP contribution in [-0.4, -0.2) is 47.8 Å². The van der Waals surface area contributed by atoms with E-state index in [2.05, 4.69) is 0 Å². The van der Waals surface area contributed by atoms with Crippen LogP contribution in [0.1, 0.15) is 23.7 Å². The number of piperazine rings is 1. The minimum Gasteiger partial charge on any atom is -0.472 e. The lowest BCUT2D eigenvalue weighted by molar-refractivity contribution is -0.132. The summed E-state index contributed by atoms with van der Waals surface area (Å²) in [6, 6.07) is 1.66. The van der Waals surface area contributed by atoms with Crippen LogP contribution in [-0.2, 0) is 4.79 Å². The molecule has 0 atom stereocenters. The molecule has 5 heteroatoms. The van der Waals surface area contributed by atoms with Crippen LogP contribution in [0.4, 0.5) is 0 Å². The van der Waals surface area contributed by atoms with Gasteiger partial charge in [-0.25, -0.2) is 0 Å². The average molecular weight is 236 g/mol. The third-order valence-electron chi connectivity index (χ3n) is 2.99. The van der Waals surface area contributed by atoms with Gasteiger partial charge in [-0.05, 0) is 6.07 Å². The number of nitrogens with zero attached hydrogens (tertiary/aromatic N) is 2. The molecular weight excluding hydrogens is 220 g/mol. The first kappa shape index (κ1) is 11.7. The van der Waals surface area contributed by atoms with E-state index in [1.54, 1.807) is 15.9 Å². The summed E-state index contributed by atoms with van der Waals surface area (Å²) in [5, 5.41) is 0. The molecule has 2 heterocycles. The van der Waals surface area contributed by atoms with Gasteiger partial charge in [0.25, 0.3) is 5.91 Å². The molecule has 1 aliphatic rings. The van der Waals surface area contributed by atoms with Crippen LogP contribution in [0.2, 0.25) is 0 Å². The maximum Gasteiger partial charge on any atom is 0.257 e. The van der Waals surface area contributed by atoms with Gasteiger partial charge in [0.1, 0.15) is 6.26 Å². The van der Waals surface area contributed by atoms with Gasteiger partial charge in [0.15, 0.2) is 0 Å². The molecule has 0 aromatic carbocycles. The lowest BCUT2D eigenvalue weighted by Gasteiger charge is -2.34. The van der Waals surface area contributed by atoms with E-state index in [1.807, 2.05) is 6.92 Å². The highest BCUT2D eigenvalue weighted by atomic mass is 16.3. The summed E-state index contributed by atoms with van der Waals surface area (Å²) in [6.45, 7) is 4.28. The van der Waals surface area contributed by atoms with Gasteiger partial charge in [-0.1, -0.05) is 6.92 Å². The van der Waals surface area contributed by atoms with Crippen molar-refractivity contribution in [3.05, 3.63) is 24.2 Å². The van der Waals surface area contributed by atoms with Crippen molar-refractivity contribution in [1.82, 2.24) is 9.80 Å². The Hall–Kier alpha value is -1.78. The molecule has 2 amide bonds. The van der Waals surface area contributed by atoms with E-state index in [0.29, 0.717) is 38.2 Å². The van der Waals surface area contributed by atoms with Crippen molar-refractivity contribution >= 4 is 11.8 Å². The molecule has 0 N–H and O–H groups in total. The standard InChI is InChI=1S/C12H16N2O3/c1-2-11(15)13-4-6-14(7-5-13)12(16)10-3-8-17-9-10/h3,8-9H,2,4-7H2,1H3. The summed E-state index contributed by atoms with van der Waals surface area (Å²) < 4.78 is 4.89. The fourth-order valence-electron chi connectivity index (χ4n) is 1.95. The minimum absolute atomic E-state index is 0.0256. The van der Waals surface area contributed by atoms with Crippen molar-refractivity contribution < 1.29 is 14.0 Å². The molecule has 5 nitrogen and oxygen atoms in total. The number of furan rings is 1. The van der Waals surface area contributed by atoms with Gasteiger partial charge >= 0.3 is 0 Å². The Balaban J connectivity index is 1.91. The molecule has 1 aromatic rings. The fraction of sp³-hybridized carbons (Fsp3) is 0.500. The number of hydrogen-bond donors (Lipinski definition) is 0. The molecule has 1 aliphatic heterocycles. The van der Waals surface area contributed by atoms with Crippen molar-refractivity contribution in [3.63, 3.8) is 0 Å². The molecule has 0 aliphatic carbocycles. The molecule has 0 saturated carbocycles. The molecule has 0 spiro atoms. The van der Waals surface area contributed by atoms with Gasteiger partial charge in [0.05, 0.1) is 11.8 Å². The van der Waals surface area contributed by atoms with Crippen LogP contribution in [0.15, 0.2) is 23.0 Å². The largest absolute Gasteiger partial charge is 0.472 e. The first-order valence-electron chi connectivity index (χ1n) is 5.81. The number of hydrogen-bond acceptors (Lipinski definition) is 3. The summed E-state index contributed by atoms with van der Waals surface area (Å²) in [5.41, 5.74) is 0.570. The lowest BCUT2D eigenvalue weighted by atomic mass is 10.2. The number of amides is 2. The Kier molecular flexibility index (Phi) is 3.46. The van der Waals surface area contributed by atoms with Crippen molar-refractivity contribution in [2.45, 2.75) is 13.3 Å². The van der Waals surface area contributed by atoms with Crippen LogP contribution in [0, 0.1) is 0 Å². The van der Waals surface area contributed by atoms with Crippen molar-refractivity contribution in [2.75, 3.05) is 26.2 Å². The summed E-state index contributed by atoms with van der Waals surface area (Å²) in [7, 11) is 0. The highest BCUT2D eigenvalue weighted by molar-refractivity contribution is 5.94. The molecule has 92 valence electrons. The van der Waals surface area contributed by atoms with Crippen LogP contribution >= 0.6 is 0 Å². The van der Waals surface area contributed by atoms with Gasteiger partial charge in [0, 0.05) is 32.6 Å². The Morgan fingerprint density at radius 1 is 1.24 bits per heavy atom. The first-order chi connectivity index (χ1) is 8.22.